The molecule has 0 aliphatic heterocycles. The third kappa shape index (κ3) is 8.74. The number of ether oxygens (including phenoxy) is 1. The molecule has 0 aliphatic carbocycles. The van der Waals surface area contributed by atoms with Crippen LogP contribution in [0.4, 0.5) is 17.1 Å². The van der Waals surface area contributed by atoms with Crippen LogP contribution in [0.1, 0.15) is 0 Å². The summed E-state index contributed by atoms with van der Waals surface area (Å²) in [6.45, 7) is 0. The summed E-state index contributed by atoms with van der Waals surface area (Å²) < 4.78 is 4.92. The Hall–Kier alpha value is -2.56. The van der Waals surface area contributed by atoms with Crippen LogP contribution < -0.4 is 21.9 Å². The normalized spacial score (nSPS) is 9.08. The zero-order valence-electron chi connectivity index (χ0n) is 13.8. The lowest BCUT2D eigenvalue weighted by molar-refractivity contribution is 0.417. The average Bonchev–Trinajstić information content (AvgIpc) is 2.59. The van der Waals surface area contributed by atoms with Gasteiger partial charge < -0.3 is 21.9 Å². The van der Waals surface area contributed by atoms with E-state index >= 15 is 0 Å². The number of halogens is 2. The monoisotopic (exact) mass is 377 g/mol. The first-order chi connectivity index (χ1) is 11.9. The molecule has 0 saturated carbocycles. The van der Waals surface area contributed by atoms with Gasteiger partial charge in [0.05, 0.1) is 12.8 Å². The summed E-state index contributed by atoms with van der Waals surface area (Å²) in [5, 5.41) is 1.41. The predicted octanol–water partition coefficient (Wildman–Crippen LogP) is 5.12. The van der Waals surface area contributed by atoms with Gasteiger partial charge in [0.25, 0.3) is 0 Å². The van der Waals surface area contributed by atoms with Gasteiger partial charge in [-0.05, 0) is 54.6 Å². The quantitative estimate of drug-likeness (QED) is 0.513. The van der Waals surface area contributed by atoms with Crippen LogP contribution in [0.2, 0.25) is 10.0 Å². The topological polar surface area (TPSA) is 87.3 Å². The maximum Gasteiger partial charge on any atom is 0.141 e. The smallest absolute Gasteiger partial charge is 0.141 e. The van der Waals surface area contributed by atoms with Crippen molar-refractivity contribution in [2.45, 2.75) is 0 Å². The van der Waals surface area contributed by atoms with Gasteiger partial charge >= 0.3 is 0 Å². The van der Waals surface area contributed by atoms with Crippen molar-refractivity contribution < 1.29 is 4.74 Å². The minimum Gasteiger partial charge on any atom is -0.495 e. The van der Waals surface area contributed by atoms with Crippen molar-refractivity contribution in [1.29, 1.82) is 0 Å². The fourth-order valence-electron chi connectivity index (χ4n) is 1.64. The van der Waals surface area contributed by atoms with Gasteiger partial charge in [0.2, 0.25) is 0 Å². The maximum atomic E-state index is 5.56. The van der Waals surface area contributed by atoms with E-state index in [2.05, 4.69) is 0 Å². The van der Waals surface area contributed by atoms with Crippen LogP contribution in [0.3, 0.4) is 0 Å². The molecule has 0 fully saturated rings. The summed E-state index contributed by atoms with van der Waals surface area (Å²) in [6.07, 6.45) is 0. The number of para-hydroxylation sites is 2. The number of nitrogens with two attached hydrogens (primary N) is 3. The van der Waals surface area contributed by atoms with Crippen LogP contribution in [0, 0.1) is 0 Å². The zero-order chi connectivity index (χ0) is 18.7. The van der Waals surface area contributed by atoms with Gasteiger partial charge in [0.15, 0.2) is 0 Å². The first-order valence-corrected chi connectivity index (χ1v) is 8.08. The molecule has 132 valence electrons. The van der Waals surface area contributed by atoms with Crippen LogP contribution in [0.5, 0.6) is 5.75 Å². The van der Waals surface area contributed by atoms with Crippen molar-refractivity contribution in [3.63, 3.8) is 0 Å². The molecule has 4 nitrogen and oxygen atoms in total. The van der Waals surface area contributed by atoms with E-state index in [1.165, 1.54) is 0 Å². The summed E-state index contributed by atoms with van der Waals surface area (Å²) in [5.74, 6) is 0.734. The van der Waals surface area contributed by atoms with Crippen molar-refractivity contribution in [3.05, 3.63) is 82.8 Å². The van der Waals surface area contributed by atoms with E-state index in [9.17, 15) is 0 Å². The second kappa shape index (κ2) is 11.1. The summed E-state index contributed by atoms with van der Waals surface area (Å²) in [7, 11) is 1.60. The standard InChI is InChI=1S/C7H9NO.2C6H6ClN/c1-9-7-5-3-2-4-6(7)8;7-5-1-3-6(8)4-2-5;7-5-2-1-3-6(8)4-5/h2-5H,8H2,1H3;2*1-4H,8H2. The molecule has 6 heteroatoms. The number of anilines is 3. The van der Waals surface area contributed by atoms with Crippen molar-refractivity contribution >= 4 is 40.3 Å². The van der Waals surface area contributed by atoms with E-state index in [4.69, 9.17) is 45.1 Å². The minimum atomic E-state index is 0.681. The number of methoxy groups -OCH3 is 1. The second-order valence-electron chi connectivity index (χ2n) is 4.85. The average molecular weight is 378 g/mol. The molecule has 0 saturated heterocycles. The van der Waals surface area contributed by atoms with Gasteiger partial charge in [-0.2, -0.15) is 0 Å². The first kappa shape index (κ1) is 20.5. The SMILES string of the molecule is COc1ccccc1N.Nc1ccc(Cl)cc1.Nc1cccc(Cl)c1. The van der Waals surface area contributed by atoms with Gasteiger partial charge in [-0.15, -0.1) is 0 Å². The number of benzene rings is 3. The lowest BCUT2D eigenvalue weighted by Gasteiger charge is -2.00. The number of rotatable bonds is 1. The molecule has 0 amide bonds. The van der Waals surface area contributed by atoms with Crippen LogP contribution in [0.25, 0.3) is 0 Å². The molecule has 3 aromatic carbocycles. The molecule has 0 spiro atoms. The van der Waals surface area contributed by atoms with Crippen LogP contribution >= 0.6 is 23.2 Å². The lowest BCUT2D eigenvalue weighted by atomic mass is 10.3. The van der Waals surface area contributed by atoms with E-state index in [0.717, 1.165) is 16.5 Å². The van der Waals surface area contributed by atoms with Crippen LogP contribution in [-0.2, 0) is 0 Å². The minimum absolute atomic E-state index is 0.681. The largest absolute Gasteiger partial charge is 0.495 e. The van der Waals surface area contributed by atoms with E-state index in [0.29, 0.717) is 16.4 Å². The Labute approximate surface area is 158 Å². The van der Waals surface area contributed by atoms with Crippen molar-refractivity contribution in [2.24, 2.45) is 0 Å². The Morgan fingerprint density at radius 2 is 1.32 bits per heavy atom. The summed E-state index contributed by atoms with van der Waals surface area (Å²) in [4.78, 5) is 0. The van der Waals surface area contributed by atoms with Crippen molar-refractivity contribution in [1.82, 2.24) is 0 Å². The molecular formula is C19H21Cl2N3O. The highest BCUT2D eigenvalue weighted by Crippen LogP contribution is 2.18. The van der Waals surface area contributed by atoms with E-state index in [1.54, 1.807) is 55.6 Å². The van der Waals surface area contributed by atoms with Gasteiger partial charge in [0, 0.05) is 21.4 Å². The molecule has 0 aromatic heterocycles. The molecule has 0 bridgehead atoms. The fourth-order valence-corrected chi connectivity index (χ4v) is 1.96. The maximum absolute atomic E-state index is 5.56. The second-order valence-corrected chi connectivity index (χ2v) is 5.72. The Kier molecular flexibility index (Phi) is 9.07. The Bertz CT molecular complexity index is 726. The van der Waals surface area contributed by atoms with Crippen molar-refractivity contribution in [3.8, 4) is 5.75 Å². The number of hydrogen-bond acceptors (Lipinski definition) is 4. The molecule has 3 aromatic rings. The molecule has 3 rings (SSSR count). The Balaban J connectivity index is 0.000000188. The molecule has 25 heavy (non-hydrogen) atoms. The van der Waals surface area contributed by atoms with E-state index < -0.39 is 0 Å². The number of hydrogen-bond donors (Lipinski definition) is 3. The molecule has 0 unspecified atom stereocenters. The molecule has 0 radical (unpaired) electrons. The third-order valence-corrected chi connectivity index (χ3v) is 3.34. The molecular weight excluding hydrogens is 357 g/mol. The fraction of sp³-hybridized carbons (Fsp3) is 0.0526. The molecule has 6 N–H and O–H groups in total. The highest BCUT2D eigenvalue weighted by Gasteiger charge is 1.91. The molecule has 0 aliphatic rings. The summed E-state index contributed by atoms with van der Waals surface area (Å²) in [6, 6.07) is 21.6. The molecule has 0 heterocycles. The molecule has 0 atom stereocenters. The third-order valence-electron chi connectivity index (χ3n) is 2.86. The summed E-state index contributed by atoms with van der Waals surface area (Å²) >= 11 is 11.1. The zero-order valence-corrected chi connectivity index (χ0v) is 15.3. The first-order valence-electron chi connectivity index (χ1n) is 7.33. The number of nitrogen functional groups attached to an aromatic ring is 3. The van der Waals surface area contributed by atoms with E-state index in [1.807, 2.05) is 24.3 Å². The van der Waals surface area contributed by atoms with Gasteiger partial charge in [-0.25, -0.2) is 0 Å². The van der Waals surface area contributed by atoms with Crippen LogP contribution in [-0.4, -0.2) is 7.11 Å². The van der Waals surface area contributed by atoms with Gasteiger partial charge in [-0.3, -0.25) is 0 Å². The highest BCUT2D eigenvalue weighted by molar-refractivity contribution is 6.31. The predicted molar refractivity (Wildman–Crippen MR) is 109 cm³/mol. The Morgan fingerprint density at radius 1 is 0.680 bits per heavy atom. The van der Waals surface area contributed by atoms with Gasteiger partial charge in [-0.1, -0.05) is 41.4 Å². The summed E-state index contributed by atoms with van der Waals surface area (Å²) in [5.41, 5.74) is 18.4. The van der Waals surface area contributed by atoms with E-state index in [-0.39, 0.29) is 0 Å². The van der Waals surface area contributed by atoms with Crippen LogP contribution in [0.15, 0.2) is 72.8 Å². The van der Waals surface area contributed by atoms with Crippen molar-refractivity contribution in [2.75, 3.05) is 24.3 Å². The Morgan fingerprint density at radius 3 is 1.72 bits per heavy atom. The lowest BCUT2D eigenvalue weighted by Crippen LogP contribution is -1.89. The van der Waals surface area contributed by atoms with Gasteiger partial charge in [0.1, 0.15) is 5.75 Å². The highest BCUT2D eigenvalue weighted by atomic mass is 35.5.